The van der Waals surface area contributed by atoms with Gasteiger partial charge in [-0.2, -0.15) is 0 Å². The number of nitrogens with one attached hydrogen (secondary N) is 1. The third-order valence-corrected chi connectivity index (χ3v) is 4.65. The van der Waals surface area contributed by atoms with Gasteiger partial charge in [0.25, 0.3) is 0 Å². The van der Waals surface area contributed by atoms with Gasteiger partial charge in [0.05, 0.1) is 13.1 Å². The number of aliphatic carboxylic acids is 1. The Hall–Kier alpha value is -1.40. The molecule has 21 heavy (non-hydrogen) atoms. The van der Waals surface area contributed by atoms with Gasteiger partial charge in [0.1, 0.15) is 0 Å². The standard InChI is InChI=1S/C15H22N2O3S/c18-14(16-9-13-4-2-8-21-13)11-17-7-1-3-12(10-17)5-6-15(19)20/h2,4,8,12H,1,3,5-7,9-11H2,(H,16,18)(H,19,20). The van der Waals surface area contributed by atoms with Gasteiger partial charge < -0.3 is 10.4 Å². The van der Waals surface area contributed by atoms with Crippen LogP contribution in [0.5, 0.6) is 0 Å². The molecule has 2 rings (SSSR count). The second-order valence-electron chi connectivity index (χ2n) is 5.53. The smallest absolute Gasteiger partial charge is 0.303 e. The van der Waals surface area contributed by atoms with Crippen LogP contribution >= 0.6 is 11.3 Å². The summed E-state index contributed by atoms with van der Waals surface area (Å²) in [7, 11) is 0. The molecule has 1 aliphatic rings. The zero-order chi connectivity index (χ0) is 15.1. The number of amides is 1. The number of hydrogen-bond donors (Lipinski definition) is 2. The largest absolute Gasteiger partial charge is 0.481 e. The zero-order valence-corrected chi connectivity index (χ0v) is 12.9. The Morgan fingerprint density at radius 1 is 1.48 bits per heavy atom. The highest BCUT2D eigenvalue weighted by Gasteiger charge is 2.21. The van der Waals surface area contributed by atoms with Gasteiger partial charge in [-0.15, -0.1) is 11.3 Å². The lowest BCUT2D eigenvalue weighted by atomic mass is 9.93. The van der Waals surface area contributed by atoms with E-state index >= 15 is 0 Å². The quantitative estimate of drug-likeness (QED) is 0.807. The minimum absolute atomic E-state index is 0.0438. The summed E-state index contributed by atoms with van der Waals surface area (Å²) in [5, 5.41) is 13.7. The fourth-order valence-corrected chi connectivity index (χ4v) is 3.36. The molecule has 0 spiro atoms. The lowest BCUT2D eigenvalue weighted by molar-refractivity contribution is -0.137. The summed E-state index contributed by atoms with van der Waals surface area (Å²) in [4.78, 5) is 25.9. The molecule has 0 bridgehead atoms. The maximum Gasteiger partial charge on any atom is 0.303 e. The van der Waals surface area contributed by atoms with Crippen LogP contribution in [0.1, 0.15) is 30.6 Å². The van der Waals surface area contributed by atoms with Crippen molar-refractivity contribution in [1.29, 1.82) is 0 Å². The maximum absolute atomic E-state index is 11.9. The molecule has 0 radical (unpaired) electrons. The van der Waals surface area contributed by atoms with Gasteiger partial charge in [0.2, 0.25) is 5.91 Å². The minimum atomic E-state index is -0.735. The lowest BCUT2D eigenvalue weighted by Gasteiger charge is -2.32. The molecule has 0 saturated carbocycles. The van der Waals surface area contributed by atoms with Crippen molar-refractivity contribution >= 4 is 23.2 Å². The topological polar surface area (TPSA) is 69.6 Å². The number of carbonyl (C=O) groups is 2. The first-order chi connectivity index (χ1) is 10.1. The number of carboxylic acid groups (broad SMARTS) is 1. The maximum atomic E-state index is 11.9. The van der Waals surface area contributed by atoms with E-state index in [2.05, 4.69) is 10.2 Å². The fraction of sp³-hybridized carbons (Fsp3) is 0.600. The predicted molar refractivity (Wildman–Crippen MR) is 82.2 cm³/mol. The van der Waals surface area contributed by atoms with Crippen LogP contribution in [0.25, 0.3) is 0 Å². The number of piperidine rings is 1. The van der Waals surface area contributed by atoms with Crippen molar-refractivity contribution in [2.75, 3.05) is 19.6 Å². The van der Waals surface area contributed by atoms with Gasteiger partial charge >= 0.3 is 5.97 Å². The Balaban J connectivity index is 1.69. The third-order valence-electron chi connectivity index (χ3n) is 3.78. The molecule has 1 atom stereocenters. The lowest BCUT2D eigenvalue weighted by Crippen LogP contribution is -2.42. The second kappa shape index (κ2) is 8.14. The van der Waals surface area contributed by atoms with Crippen LogP contribution in [0.2, 0.25) is 0 Å². The summed E-state index contributed by atoms with van der Waals surface area (Å²) in [5.41, 5.74) is 0. The molecule has 1 saturated heterocycles. The molecular formula is C15H22N2O3S. The van der Waals surface area contributed by atoms with Gasteiger partial charge in [0.15, 0.2) is 0 Å². The number of rotatable bonds is 7. The number of hydrogen-bond acceptors (Lipinski definition) is 4. The van der Waals surface area contributed by atoms with Gasteiger partial charge in [-0.25, -0.2) is 0 Å². The first kappa shape index (κ1) is 16.0. The SMILES string of the molecule is O=C(O)CCC1CCCN(CC(=O)NCc2cccs2)C1. The van der Waals surface area contributed by atoms with Crippen molar-refractivity contribution in [3.8, 4) is 0 Å². The summed E-state index contributed by atoms with van der Waals surface area (Å²) < 4.78 is 0. The number of carbonyl (C=O) groups excluding carboxylic acids is 1. The zero-order valence-electron chi connectivity index (χ0n) is 12.1. The van der Waals surface area contributed by atoms with E-state index in [1.807, 2.05) is 17.5 Å². The van der Waals surface area contributed by atoms with Crippen LogP contribution in [0.3, 0.4) is 0 Å². The number of carboxylic acids is 1. The first-order valence-electron chi connectivity index (χ1n) is 7.36. The van der Waals surface area contributed by atoms with E-state index in [1.165, 1.54) is 0 Å². The highest BCUT2D eigenvalue weighted by atomic mass is 32.1. The highest BCUT2D eigenvalue weighted by molar-refractivity contribution is 7.09. The van der Waals surface area contributed by atoms with Crippen LogP contribution in [0, 0.1) is 5.92 Å². The Morgan fingerprint density at radius 3 is 3.05 bits per heavy atom. The molecule has 5 nitrogen and oxygen atoms in total. The third kappa shape index (κ3) is 5.85. The van der Waals surface area contributed by atoms with Crippen molar-refractivity contribution in [3.05, 3.63) is 22.4 Å². The molecule has 0 aromatic carbocycles. The first-order valence-corrected chi connectivity index (χ1v) is 8.24. The molecule has 1 aromatic rings. The van der Waals surface area contributed by atoms with E-state index in [-0.39, 0.29) is 12.3 Å². The summed E-state index contributed by atoms with van der Waals surface area (Å²) in [6, 6.07) is 3.98. The van der Waals surface area contributed by atoms with Crippen LogP contribution in [-0.4, -0.2) is 41.5 Å². The van der Waals surface area contributed by atoms with E-state index < -0.39 is 5.97 Å². The average molecular weight is 310 g/mol. The van der Waals surface area contributed by atoms with Crippen LogP contribution in [0.15, 0.2) is 17.5 Å². The summed E-state index contributed by atoms with van der Waals surface area (Å²) in [6.07, 6.45) is 3.05. The summed E-state index contributed by atoms with van der Waals surface area (Å²) in [5.74, 6) is -0.289. The molecule has 0 aliphatic carbocycles. The Labute approximate surface area is 129 Å². The van der Waals surface area contributed by atoms with E-state index in [1.54, 1.807) is 11.3 Å². The molecule has 1 aromatic heterocycles. The van der Waals surface area contributed by atoms with Crippen LogP contribution in [-0.2, 0) is 16.1 Å². The molecule has 1 amide bonds. The van der Waals surface area contributed by atoms with E-state index in [4.69, 9.17) is 5.11 Å². The van der Waals surface area contributed by atoms with Crippen LogP contribution in [0.4, 0.5) is 0 Å². The normalized spacial score (nSPS) is 19.3. The molecule has 116 valence electrons. The van der Waals surface area contributed by atoms with Gasteiger partial charge in [0, 0.05) is 17.8 Å². The van der Waals surface area contributed by atoms with Crippen LogP contribution < -0.4 is 5.32 Å². The molecule has 1 unspecified atom stereocenters. The highest BCUT2D eigenvalue weighted by Crippen LogP contribution is 2.20. The number of nitrogens with zero attached hydrogens (tertiary/aromatic N) is 1. The second-order valence-corrected chi connectivity index (χ2v) is 6.56. The molecule has 2 N–H and O–H groups in total. The minimum Gasteiger partial charge on any atom is -0.481 e. The van der Waals surface area contributed by atoms with Gasteiger partial charge in [-0.3, -0.25) is 14.5 Å². The summed E-state index contributed by atoms with van der Waals surface area (Å²) >= 11 is 1.64. The van der Waals surface area contributed by atoms with Gasteiger partial charge in [-0.1, -0.05) is 6.07 Å². The fourth-order valence-electron chi connectivity index (χ4n) is 2.72. The Morgan fingerprint density at radius 2 is 2.33 bits per heavy atom. The predicted octanol–water partition coefficient (Wildman–Crippen LogP) is 1.94. The molecular weight excluding hydrogens is 288 g/mol. The van der Waals surface area contributed by atoms with E-state index in [9.17, 15) is 9.59 Å². The van der Waals surface area contributed by atoms with Crippen molar-refractivity contribution in [1.82, 2.24) is 10.2 Å². The van der Waals surface area contributed by atoms with Crippen molar-refractivity contribution < 1.29 is 14.7 Å². The number of likely N-dealkylation sites (tertiary alicyclic amines) is 1. The van der Waals surface area contributed by atoms with E-state index in [0.29, 0.717) is 25.4 Å². The molecule has 2 heterocycles. The van der Waals surface area contributed by atoms with Crippen molar-refractivity contribution in [3.63, 3.8) is 0 Å². The van der Waals surface area contributed by atoms with Crippen molar-refractivity contribution in [2.24, 2.45) is 5.92 Å². The van der Waals surface area contributed by atoms with Gasteiger partial charge in [-0.05, 0) is 43.2 Å². The van der Waals surface area contributed by atoms with Crippen molar-refractivity contribution in [2.45, 2.75) is 32.2 Å². The Bertz CT molecular complexity index is 461. The Kier molecular flexibility index (Phi) is 6.20. The molecule has 1 fully saturated rings. The van der Waals surface area contributed by atoms with E-state index in [0.717, 1.165) is 30.8 Å². The number of thiophene rings is 1. The molecule has 6 heteroatoms. The summed E-state index contributed by atoms with van der Waals surface area (Å²) in [6.45, 7) is 2.76. The molecule has 1 aliphatic heterocycles. The average Bonchev–Trinajstić information content (AvgIpc) is 2.97. The monoisotopic (exact) mass is 310 g/mol.